The van der Waals surface area contributed by atoms with E-state index in [1.165, 1.54) is 55.7 Å². The van der Waals surface area contributed by atoms with Crippen LogP contribution in [0.1, 0.15) is 96.1 Å². The molecule has 0 spiro atoms. The van der Waals surface area contributed by atoms with Crippen molar-refractivity contribution >= 4 is 14.4 Å². The van der Waals surface area contributed by atoms with Gasteiger partial charge in [-0.25, -0.2) is 0 Å². The van der Waals surface area contributed by atoms with E-state index >= 15 is 0 Å². The summed E-state index contributed by atoms with van der Waals surface area (Å²) in [5, 5.41) is 0. The molecule has 46 heavy (non-hydrogen) atoms. The molecular formula is C43H40Cl2Zr. The van der Waals surface area contributed by atoms with Crippen LogP contribution in [0.2, 0.25) is 0 Å². The van der Waals surface area contributed by atoms with Crippen molar-refractivity contribution in [2.24, 2.45) is 0 Å². The Morgan fingerprint density at radius 2 is 1.09 bits per heavy atom. The first-order valence-electron chi connectivity index (χ1n) is 16.1. The van der Waals surface area contributed by atoms with Crippen LogP contribution in [0.4, 0.5) is 0 Å². The van der Waals surface area contributed by atoms with Crippen molar-refractivity contribution in [1.82, 2.24) is 0 Å². The number of allylic oxidation sites excluding steroid dienone is 8. The minimum absolute atomic E-state index is 0. The van der Waals surface area contributed by atoms with E-state index in [9.17, 15) is 0 Å². The summed E-state index contributed by atoms with van der Waals surface area (Å²) in [5.74, 6) is 0. The molecule has 8 rings (SSSR count). The molecule has 0 aromatic heterocycles. The maximum atomic E-state index is 2.65. The Morgan fingerprint density at radius 1 is 0.630 bits per heavy atom. The van der Waals surface area contributed by atoms with Crippen molar-refractivity contribution in [3.8, 4) is 11.1 Å². The van der Waals surface area contributed by atoms with E-state index in [-0.39, 0.29) is 35.6 Å². The van der Waals surface area contributed by atoms with Crippen LogP contribution in [0.3, 0.4) is 0 Å². The first kappa shape index (κ1) is 33.1. The minimum atomic E-state index is -2.73. The number of benzene rings is 4. The Balaban J connectivity index is 0.00000186. The summed E-state index contributed by atoms with van der Waals surface area (Å²) in [7, 11) is 0. The van der Waals surface area contributed by atoms with Gasteiger partial charge in [0.25, 0.3) is 0 Å². The summed E-state index contributed by atoms with van der Waals surface area (Å²) in [5.41, 5.74) is 17.7. The minimum Gasteiger partial charge on any atom is -1.00 e. The summed E-state index contributed by atoms with van der Waals surface area (Å²) >= 11 is -2.73. The molecule has 0 saturated heterocycles. The predicted molar refractivity (Wildman–Crippen MR) is 185 cm³/mol. The molecule has 0 amide bonds. The Bertz CT molecular complexity index is 1910. The Morgan fingerprint density at radius 3 is 1.50 bits per heavy atom. The average molecular weight is 719 g/mol. The smallest absolute Gasteiger partial charge is 1.00 e. The molecule has 0 radical (unpaired) electrons. The van der Waals surface area contributed by atoms with Crippen molar-refractivity contribution in [2.75, 3.05) is 0 Å². The molecule has 4 aromatic rings. The number of fused-ring (bicyclic) bond motifs is 5. The maximum Gasteiger partial charge on any atom is -1.00 e. The summed E-state index contributed by atoms with van der Waals surface area (Å²) < 4.78 is 3.73. The van der Waals surface area contributed by atoms with Gasteiger partial charge in [0, 0.05) is 0 Å². The predicted octanol–water partition coefficient (Wildman–Crippen LogP) is 4.88. The van der Waals surface area contributed by atoms with E-state index in [0.717, 1.165) is 6.42 Å². The largest absolute Gasteiger partial charge is 1.00 e. The molecule has 0 atom stereocenters. The van der Waals surface area contributed by atoms with Gasteiger partial charge in [-0.2, -0.15) is 0 Å². The van der Waals surface area contributed by atoms with Gasteiger partial charge in [0.05, 0.1) is 0 Å². The molecule has 4 aliphatic rings. The Hall–Kier alpha value is -2.83. The van der Waals surface area contributed by atoms with Crippen molar-refractivity contribution < 1.29 is 46.1 Å². The summed E-state index contributed by atoms with van der Waals surface area (Å²) in [6.07, 6.45) is 13.2. The van der Waals surface area contributed by atoms with Crippen molar-refractivity contribution in [3.05, 3.63) is 163 Å². The fraction of sp³-hybridized carbons (Fsp3) is 0.233. The molecule has 0 heterocycles. The van der Waals surface area contributed by atoms with Crippen LogP contribution in [0.5, 0.6) is 0 Å². The van der Waals surface area contributed by atoms with Gasteiger partial charge in [-0.15, -0.1) is 0 Å². The van der Waals surface area contributed by atoms with Gasteiger partial charge in [-0.1, -0.05) is 0 Å². The van der Waals surface area contributed by atoms with Crippen LogP contribution < -0.4 is 24.8 Å². The van der Waals surface area contributed by atoms with Gasteiger partial charge in [0.2, 0.25) is 0 Å². The molecule has 0 N–H and O–H groups in total. The first-order valence-corrected chi connectivity index (χ1v) is 20.0. The third-order valence-corrected chi connectivity index (χ3v) is 18.8. The third-order valence-electron chi connectivity index (χ3n) is 10.5. The van der Waals surface area contributed by atoms with E-state index in [1.807, 2.05) is 0 Å². The Labute approximate surface area is 295 Å². The first-order chi connectivity index (χ1) is 21.1. The molecule has 4 aromatic carbocycles. The van der Waals surface area contributed by atoms with Crippen LogP contribution >= 0.6 is 0 Å². The molecule has 0 nitrogen and oxygen atoms in total. The summed E-state index contributed by atoms with van der Waals surface area (Å²) in [6, 6.07) is 33.1. The zero-order chi connectivity index (χ0) is 30.4. The van der Waals surface area contributed by atoms with Crippen molar-refractivity contribution in [3.63, 3.8) is 0 Å². The van der Waals surface area contributed by atoms with Crippen LogP contribution in [0, 0.1) is 0 Å². The molecular weight excluding hydrogens is 679 g/mol. The molecule has 4 aliphatic carbocycles. The van der Waals surface area contributed by atoms with Gasteiger partial charge in [0.1, 0.15) is 0 Å². The quantitative estimate of drug-likeness (QED) is 0.283. The second kappa shape index (κ2) is 12.0. The fourth-order valence-corrected chi connectivity index (χ4v) is 17.6. The van der Waals surface area contributed by atoms with Crippen molar-refractivity contribution in [2.45, 2.75) is 62.4 Å². The maximum absolute atomic E-state index is 2.73. The average Bonchev–Trinajstić information content (AvgIpc) is 3.75. The van der Waals surface area contributed by atoms with E-state index in [0.29, 0.717) is 3.63 Å². The van der Waals surface area contributed by atoms with Crippen LogP contribution in [-0.2, 0) is 32.1 Å². The molecule has 0 saturated carbocycles. The van der Waals surface area contributed by atoms with Crippen molar-refractivity contribution in [1.29, 1.82) is 0 Å². The molecule has 0 bridgehead atoms. The van der Waals surface area contributed by atoms with Gasteiger partial charge in [-0.3, -0.25) is 0 Å². The SMILES string of the molecule is CC1=CC(C)(C)c2cc3c(cc21)-c1cc2c(cc1[CH]3[Zr+2]([C]1=CC=CC1)=[C](c1ccccc1)c1ccccc1)C(C)(C)C=C2C.[Cl-].[Cl-]. The van der Waals surface area contributed by atoms with Crippen LogP contribution in [-0.4, -0.2) is 3.21 Å². The topological polar surface area (TPSA) is 0 Å². The number of hydrogen-bond acceptors (Lipinski definition) is 0. The van der Waals surface area contributed by atoms with E-state index in [1.54, 1.807) is 17.6 Å². The monoisotopic (exact) mass is 716 g/mol. The van der Waals surface area contributed by atoms with E-state index < -0.39 is 21.3 Å². The second-order valence-electron chi connectivity index (χ2n) is 14.3. The van der Waals surface area contributed by atoms with Crippen LogP contribution in [0.15, 0.2) is 119 Å². The second-order valence-corrected chi connectivity index (χ2v) is 20.6. The standard InChI is InChI=1S/C25H25.C13H10.C5H5.2ClH.Zr/c1-14-12-24(3,4)22-8-16-7-17-9-23-19(15(2)13-25(23,5)6)11-21(17)20(16)10-18(14)22;1-3-7-12(8-4-1)11-13-9-5-2-6-10-13;1-2-4-5-3-1;;;/h7-13H,1-6H3;1-10H;1-3H,4H2;2*1H;/q;;;;;+2/p-2. The number of rotatable bonds is 4. The fourth-order valence-electron chi connectivity index (χ4n) is 8.59. The number of halogens is 2. The van der Waals surface area contributed by atoms with Gasteiger partial charge >= 0.3 is 272 Å². The summed E-state index contributed by atoms with van der Waals surface area (Å²) in [6.45, 7) is 14.2. The molecule has 0 fully saturated rings. The number of hydrogen-bond donors (Lipinski definition) is 0. The van der Waals surface area contributed by atoms with E-state index in [4.69, 9.17) is 0 Å². The van der Waals surface area contributed by atoms with Gasteiger partial charge in [0.15, 0.2) is 0 Å². The molecule has 3 heteroatoms. The molecule has 0 unspecified atom stereocenters. The van der Waals surface area contributed by atoms with E-state index in [2.05, 4.69) is 157 Å². The summed E-state index contributed by atoms with van der Waals surface area (Å²) in [4.78, 5) is 0. The zero-order valence-corrected chi connectivity index (χ0v) is 31.5. The normalized spacial score (nSPS) is 17.3. The Kier molecular flexibility index (Phi) is 8.63. The third kappa shape index (κ3) is 5.10. The molecule has 230 valence electrons. The van der Waals surface area contributed by atoms with Gasteiger partial charge in [-0.05, 0) is 0 Å². The molecule has 0 aliphatic heterocycles. The van der Waals surface area contributed by atoms with Gasteiger partial charge < -0.3 is 24.8 Å². The zero-order valence-electron chi connectivity index (χ0n) is 27.5. The van der Waals surface area contributed by atoms with Crippen LogP contribution in [0.25, 0.3) is 22.3 Å².